The average Bonchev–Trinajstić information content (AvgIpc) is 2.79. The molecule has 3 rings (SSSR count). The van der Waals surface area contributed by atoms with Gasteiger partial charge in [0.15, 0.2) is 0 Å². The van der Waals surface area contributed by atoms with Crippen LogP contribution in [0.4, 0.5) is 4.39 Å². The summed E-state index contributed by atoms with van der Waals surface area (Å²) in [5.41, 5.74) is 1.56. The summed E-state index contributed by atoms with van der Waals surface area (Å²) < 4.78 is 23.7. The van der Waals surface area contributed by atoms with Crippen molar-refractivity contribution in [3.05, 3.63) is 54.1 Å². The quantitative estimate of drug-likeness (QED) is 0.673. The first-order valence-electron chi connectivity index (χ1n) is 5.70. The highest BCUT2D eigenvalue weighted by Crippen LogP contribution is 2.32. The number of hydrogen-bond acceptors (Lipinski definition) is 4. The van der Waals surface area contributed by atoms with Crippen LogP contribution < -0.4 is 4.74 Å². The highest BCUT2D eigenvalue weighted by atomic mass is 19.1. The van der Waals surface area contributed by atoms with Crippen molar-refractivity contribution in [1.29, 1.82) is 0 Å². The monoisotopic (exact) mass is 259 g/mol. The fraction of sp³-hybridized carbons (Fsp3) is 0.0714. The van der Waals surface area contributed by atoms with Crippen LogP contribution in [0.15, 0.2) is 52.0 Å². The number of allylic oxidation sites excluding steroid dienone is 2. The Labute approximate surface area is 108 Å². The number of furan rings is 1. The molecule has 0 bridgehead atoms. The van der Waals surface area contributed by atoms with E-state index in [0.29, 0.717) is 29.6 Å². The first-order valence-corrected chi connectivity index (χ1v) is 5.70. The summed E-state index contributed by atoms with van der Waals surface area (Å²) in [5, 5.41) is 11.6. The molecule has 0 saturated heterocycles. The predicted octanol–water partition coefficient (Wildman–Crippen LogP) is 3.83. The molecule has 0 fully saturated rings. The zero-order valence-corrected chi connectivity index (χ0v) is 9.84. The molecule has 4 nitrogen and oxygen atoms in total. The molecule has 0 atom stereocenters. The fourth-order valence-corrected chi connectivity index (χ4v) is 1.76. The number of benzene rings is 1. The molecule has 1 aromatic carbocycles. The van der Waals surface area contributed by atoms with Crippen LogP contribution in [0.5, 0.6) is 11.7 Å². The predicted molar refractivity (Wildman–Crippen MR) is 67.0 cm³/mol. The third-order valence-electron chi connectivity index (χ3n) is 2.77. The molecule has 0 radical (unpaired) electrons. The molecular weight excluding hydrogens is 249 g/mol. The van der Waals surface area contributed by atoms with Crippen LogP contribution in [0.25, 0.3) is 5.57 Å². The van der Waals surface area contributed by atoms with Gasteiger partial charge in [0.25, 0.3) is 5.95 Å². The SMILES string of the molecule is ON=C1C=C(c2ccc(Oc3ccc(F)cc3)o2)C1. The van der Waals surface area contributed by atoms with E-state index in [1.807, 2.05) is 0 Å². The topological polar surface area (TPSA) is 55.0 Å². The standard InChI is InChI=1S/C14H10FNO3/c15-10-1-3-12(4-2-10)18-14-6-5-13(19-14)9-7-11(8-9)16-17/h1-7,17H,8H2. The normalized spacial score (nSPS) is 16.1. The van der Waals surface area contributed by atoms with Crippen molar-refractivity contribution in [2.24, 2.45) is 5.16 Å². The Morgan fingerprint density at radius 2 is 1.89 bits per heavy atom. The van der Waals surface area contributed by atoms with Crippen LogP contribution >= 0.6 is 0 Å². The Morgan fingerprint density at radius 3 is 2.58 bits per heavy atom. The Balaban J connectivity index is 1.74. The molecule has 0 unspecified atom stereocenters. The molecule has 96 valence electrons. The van der Waals surface area contributed by atoms with Gasteiger partial charge in [0.2, 0.25) is 0 Å². The van der Waals surface area contributed by atoms with Crippen molar-refractivity contribution >= 4 is 11.3 Å². The van der Waals surface area contributed by atoms with Gasteiger partial charge in [-0.25, -0.2) is 4.39 Å². The van der Waals surface area contributed by atoms with Crippen LogP contribution in [0.1, 0.15) is 12.2 Å². The zero-order valence-electron chi connectivity index (χ0n) is 9.84. The lowest BCUT2D eigenvalue weighted by molar-refractivity contribution is 0.318. The van der Waals surface area contributed by atoms with Gasteiger partial charge in [-0.2, -0.15) is 0 Å². The van der Waals surface area contributed by atoms with E-state index in [0.717, 1.165) is 5.57 Å². The summed E-state index contributed by atoms with van der Waals surface area (Å²) in [6, 6.07) is 9.15. The maximum absolute atomic E-state index is 12.7. The fourth-order valence-electron chi connectivity index (χ4n) is 1.76. The first kappa shape index (κ1) is 11.5. The molecule has 0 saturated carbocycles. The van der Waals surface area contributed by atoms with Gasteiger partial charge in [0, 0.05) is 18.1 Å². The summed E-state index contributed by atoms with van der Waals surface area (Å²) in [7, 11) is 0. The first-order chi connectivity index (χ1) is 9.24. The van der Waals surface area contributed by atoms with Crippen molar-refractivity contribution in [2.45, 2.75) is 6.42 Å². The van der Waals surface area contributed by atoms with Crippen molar-refractivity contribution in [3.8, 4) is 11.7 Å². The van der Waals surface area contributed by atoms with Gasteiger partial charge in [-0.1, -0.05) is 5.16 Å². The second kappa shape index (κ2) is 4.61. The number of ether oxygens (including phenoxy) is 1. The van der Waals surface area contributed by atoms with Gasteiger partial charge < -0.3 is 14.4 Å². The second-order valence-electron chi connectivity index (χ2n) is 4.11. The molecule has 1 aliphatic carbocycles. The number of halogens is 1. The highest BCUT2D eigenvalue weighted by molar-refractivity contribution is 6.14. The molecular formula is C14H10FNO3. The summed E-state index contributed by atoms with van der Waals surface area (Å²) in [4.78, 5) is 0. The van der Waals surface area contributed by atoms with Gasteiger partial charge >= 0.3 is 0 Å². The van der Waals surface area contributed by atoms with Gasteiger partial charge in [-0.05, 0) is 36.4 Å². The summed E-state index contributed by atoms with van der Waals surface area (Å²) in [6.07, 6.45) is 2.31. The van der Waals surface area contributed by atoms with E-state index in [4.69, 9.17) is 14.4 Å². The Morgan fingerprint density at radius 1 is 1.16 bits per heavy atom. The van der Waals surface area contributed by atoms with Crippen LogP contribution in [0, 0.1) is 5.82 Å². The average molecular weight is 259 g/mol. The molecule has 19 heavy (non-hydrogen) atoms. The molecule has 1 aromatic heterocycles. The number of hydrogen-bond donors (Lipinski definition) is 1. The Hall–Kier alpha value is -2.56. The van der Waals surface area contributed by atoms with Crippen LogP contribution in [0.3, 0.4) is 0 Å². The van der Waals surface area contributed by atoms with E-state index in [2.05, 4.69) is 5.16 Å². The maximum atomic E-state index is 12.7. The molecule has 0 amide bonds. The van der Waals surface area contributed by atoms with Gasteiger partial charge in [-0.3, -0.25) is 0 Å². The summed E-state index contributed by atoms with van der Waals surface area (Å²) in [6.45, 7) is 0. The van der Waals surface area contributed by atoms with Gasteiger partial charge in [0.05, 0.1) is 5.71 Å². The van der Waals surface area contributed by atoms with Crippen LogP contribution in [-0.4, -0.2) is 10.9 Å². The van der Waals surface area contributed by atoms with Crippen molar-refractivity contribution in [2.75, 3.05) is 0 Å². The minimum atomic E-state index is -0.317. The van der Waals surface area contributed by atoms with Crippen molar-refractivity contribution in [3.63, 3.8) is 0 Å². The third-order valence-corrected chi connectivity index (χ3v) is 2.77. The molecule has 2 aromatic rings. The summed E-state index contributed by atoms with van der Waals surface area (Å²) >= 11 is 0. The minimum absolute atomic E-state index is 0.317. The number of nitrogens with zero attached hydrogens (tertiary/aromatic N) is 1. The minimum Gasteiger partial charge on any atom is -0.426 e. The lowest BCUT2D eigenvalue weighted by atomic mass is 9.95. The smallest absolute Gasteiger partial charge is 0.290 e. The third kappa shape index (κ3) is 2.35. The van der Waals surface area contributed by atoms with Crippen molar-refractivity contribution in [1.82, 2.24) is 0 Å². The molecule has 0 aliphatic heterocycles. The maximum Gasteiger partial charge on any atom is 0.290 e. The molecule has 1 N–H and O–H groups in total. The molecule has 1 heterocycles. The lowest BCUT2D eigenvalue weighted by Gasteiger charge is -2.12. The van der Waals surface area contributed by atoms with E-state index in [1.165, 1.54) is 24.3 Å². The Bertz CT molecular complexity index is 656. The summed E-state index contributed by atoms with van der Waals surface area (Å²) in [5.74, 6) is 1.19. The largest absolute Gasteiger partial charge is 0.426 e. The van der Waals surface area contributed by atoms with E-state index < -0.39 is 0 Å². The van der Waals surface area contributed by atoms with Crippen molar-refractivity contribution < 1.29 is 18.8 Å². The zero-order chi connectivity index (χ0) is 13.2. The number of rotatable bonds is 3. The molecule has 1 aliphatic rings. The highest BCUT2D eigenvalue weighted by Gasteiger charge is 2.19. The second-order valence-corrected chi connectivity index (χ2v) is 4.11. The van der Waals surface area contributed by atoms with Crippen LogP contribution in [-0.2, 0) is 0 Å². The molecule has 5 heteroatoms. The van der Waals surface area contributed by atoms with Gasteiger partial charge in [0.1, 0.15) is 17.3 Å². The van der Waals surface area contributed by atoms with E-state index in [9.17, 15) is 4.39 Å². The van der Waals surface area contributed by atoms with E-state index in [-0.39, 0.29) is 5.82 Å². The molecule has 0 spiro atoms. The lowest BCUT2D eigenvalue weighted by Crippen LogP contribution is -2.07. The number of oxime groups is 1. The Kier molecular flexibility index (Phi) is 2.79. The van der Waals surface area contributed by atoms with Gasteiger partial charge in [-0.15, -0.1) is 0 Å². The van der Waals surface area contributed by atoms with E-state index in [1.54, 1.807) is 18.2 Å². The van der Waals surface area contributed by atoms with E-state index >= 15 is 0 Å². The van der Waals surface area contributed by atoms with Crippen LogP contribution in [0.2, 0.25) is 0 Å².